The molecule has 1 fully saturated rings. The van der Waals surface area contributed by atoms with Crippen LogP contribution in [0.5, 0.6) is 0 Å². The second kappa shape index (κ2) is 5.26. The third-order valence-electron chi connectivity index (χ3n) is 3.67. The fourth-order valence-corrected chi connectivity index (χ4v) is 2.61. The van der Waals surface area contributed by atoms with E-state index >= 15 is 0 Å². The molecular formula is C15H17N3O. The van der Waals surface area contributed by atoms with Gasteiger partial charge in [-0.25, -0.2) is 0 Å². The molecule has 19 heavy (non-hydrogen) atoms. The van der Waals surface area contributed by atoms with Crippen molar-refractivity contribution in [1.82, 2.24) is 10.2 Å². The molecule has 1 aliphatic rings. The maximum absolute atomic E-state index is 12.1. The minimum atomic E-state index is 0.152. The minimum absolute atomic E-state index is 0.152. The molecule has 0 aliphatic heterocycles. The van der Waals surface area contributed by atoms with Crippen molar-refractivity contribution >= 4 is 11.6 Å². The first-order valence-electron chi connectivity index (χ1n) is 6.73. The maximum atomic E-state index is 12.1. The van der Waals surface area contributed by atoms with Crippen molar-refractivity contribution < 1.29 is 4.79 Å². The van der Waals surface area contributed by atoms with Gasteiger partial charge in [0.15, 0.2) is 0 Å². The molecule has 3 rings (SSSR count). The van der Waals surface area contributed by atoms with Gasteiger partial charge in [0.25, 0.3) is 0 Å². The number of amides is 1. The molecule has 0 radical (unpaired) electrons. The first-order chi connectivity index (χ1) is 9.33. The fraction of sp³-hybridized carbons (Fsp3) is 0.333. The van der Waals surface area contributed by atoms with Gasteiger partial charge in [0.1, 0.15) is 0 Å². The zero-order valence-electron chi connectivity index (χ0n) is 10.7. The predicted octanol–water partition coefficient (Wildman–Crippen LogP) is 3.21. The third-order valence-corrected chi connectivity index (χ3v) is 3.67. The summed E-state index contributed by atoms with van der Waals surface area (Å²) in [7, 11) is 0. The number of carbonyl (C=O) groups is 1. The van der Waals surface area contributed by atoms with Crippen LogP contribution in [0.3, 0.4) is 0 Å². The summed E-state index contributed by atoms with van der Waals surface area (Å²) in [6.07, 6.45) is 6.11. The molecule has 1 aromatic carbocycles. The van der Waals surface area contributed by atoms with E-state index in [1.165, 1.54) is 12.8 Å². The summed E-state index contributed by atoms with van der Waals surface area (Å²) in [6, 6.07) is 9.75. The van der Waals surface area contributed by atoms with Crippen LogP contribution in [0, 0.1) is 5.92 Å². The Morgan fingerprint density at radius 3 is 2.84 bits per heavy atom. The van der Waals surface area contributed by atoms with Crippen LogP contribution in [-0.2, 0) is 4.79 Å². The van der Waals surface area contributed by atoms with Gasteiger partial charge in [0, 0.05) is 23.4 Å². The Kier molecular flexibility index (Phi) is 3.31. The Morgan fingerprint density at radius 1 is 1.26 bits per heavy atom. The quantitative estimate of drug-likeness (QED) is 0.884. The number of nitrogens with zero attached hydrogens (tertiary/aromatic N) is 1. The Morgan fingerprint density at radius 2 is 2.11 bits per heavy atom. The monoisotopic (exact) mass is 255 g/mol. The highest BCUT2D eigenvalue weighted by molar-refractivity contribution is 5.93. The standard InChI is InChI=1S/C15H17N3O/c19-15(11-4-1-2-5-11)17-13-7-3-6-12(10-13)14-8-9-16-18-14/h3,6-11H,1-2,4-5H2,(H,16,18)(H,17,19). The average molecular weight is 255 g/mol. The molecule has 1 saturated carbocycles. The number of aromatic amines is 1. The van der Waals surface area contributed by atoms with Crippen molar-refractivity contribution in [2.24, 2.45) is 5.92 Å². The molecule has 4 heteroatoms. The molecular weight excluding hydrogens is 238 g/mol. The lowest BCUT2D eigenvalue weighted by Gasteiger charge is -2.11. The summed E-state index contributed by atoms with van der Waals surface area (Å²) < 4.78 is 0. The van der Waals surface area contributed by atoms with Crippen LogP contribution >= 0.6 is 0 Å². The van der Waals surface area contributed by atoms with Crippen molar-refractivity contribution in [2.45, 2.75) is 25.7 Å². The molecule has 0 bridgehead atoms. The SMILES string of the molecule is O=C(Nc1cccc(-c2ccn[nH]2)c1)C1CCCC1. The molecule has 98 valence electrons. The first kappa shape index (κ1) is 12.0. The number of nitrogens with one attached hydrogen (secondary N) is 2. The van der Waals surface area contributed by atoms with Crippen molar-refractivity contribution in [1.29, 1.82) is 0 Å². The molecule has 2 N–H and O–H groups in total. The number of benzene rings is 1. The van der Waals surface area contributed by atoms with E-state index in [-0.39, 0.29) is 11.8 Å². The predicted molar refractivity (Wildman–Crippen MR) is 74.6 cm³/mol. The van der Waals surface area contributed by atoms with Gasteiger partial charge >= 0.3 is 0 Å². The molecule has 1 aromatic heterocycles. The second-order valence-electron chi connectivity index (χ2n) is 5.02. The summed E-state index contributed by atoms with van der Waals surface area (Å²) in [5.74, 6) is 0.343. The minimum Gasteiger partial charge on any atom is -0.326 e. The highest BCUT2D eigenvalue weighted by Crippen LogP contribution is 2.27. The smallest absolute Gasteiger partial charge is 0.227 e. The van der Waals surface area contributed by atoms with Crippen molar-refractivity contribution in [2.75, 3.05) is 5.32 Å². The van der Waals surface area contributed by atoms with E-state index in [0.29, 0.717) is 0 Å². The van der Waals surface area contributed by atoms with Crippen molar-refractivity contribution in [3.05, 3.63) is 36.5 Å². The number of H-pyrrole nitrogens is 1. The molecule has 2 aromatic rings. The third kappa shape index (κ3) is 2.67. The van der Waals surface area contributed by atoms with Crippen LogP contribution in [0.15, 0.2) is 36.5 Å². The Labute approximate surface area is 112 Å². The van der Waals surface area contributed by atoms with E-state index in [4.69, 9.17) is 0 Å². The van der Waals surface area contributed by atoms with Crippen molar-refractivity contribution in [3.63, 3.8) is 0 Å². The molecule has 1 amide bonds. The highest BCUT2D eigenvalue weighted by atomic mass is 16.1. The van der Waals surface area contributed by atoms with E-state index in [9.17, 15) is 4.79 Å². The topological polar surface area (TPSA) is 57.8 Å². The van der Waals surface area contributed by atoms with Gasteiger partial charge in [-0.3, -0.25) is 9.89 Å². The van der Waals surface area contributed by atoms with Crippen LogP contribution in [0.25, 0.3) is 11.3 Å². The van der Waals surface area contributed by atoms with Gasteiger partial charge in [-0.1, -0.05) is 25.0 Å². The number of anilines is 1. The Hall–Kier alpha value is -2.10. The van der Waals surface area contributed by atoms with Crippen molar-refractivity contribution in [3.8, 4) is 11.3 Å². The zero-order valence-corrected chi connectivity index (χ0v) is 10.7. The molecule has 0 atom stereocenters. The van der Waals surface area contributed by atoms with Crippen LogP contribution in [-0.4, -0.2) is 16.1 Å². The van der Waals surface area contributed by atoms with Gasteiger partial charge < -0.3 is 5.32 Å². The average Bonchev–Trinajstić information content (AvgIpc) is 3.13. The second-order valence-corrected chi connectivity index (χ2v) is 5.02. The molecule has 1 heterocycles. The van der Waals surface area contributed by atoms with Gasteiger partial charge in [0.05, 0.1) is 5.69 Å². The summed E-state index contributed by atoms with van der Waals surface area (Å²) in [5.41, 5.74) is 2.84. The molecule has 0 saturated heterocycles. The van der Waals surface area contributed by atoms with Crippen LogP contribution < -0.4 is 5.32 Å². The number of aromatic nitrogens is 2. The lowest BCUT2D eigenvalue weighted by Crippen LogP contribution is -2.20. The number of carbonyl (C=O) groups excluding carboxylic acids is 1. The van der Waals surface area contributed by atoms with Crippen LogP contribution in [0.2, 0.25) is 0 Å². The summed E-state index contributed by atoms with van der Waals surface area (Å²) in [6.45, 7) is 0. The van der Waals surface area contributed by atoms with E-state index in [1.54, 1.807) is 6.20 Å². The maximum Gasteiger partial charge on any atom is 0.227 e. The van der Waals surface area contributed by atoms with Crippen LogP contribution in [0.4, 0.5) is 5.69 Å². The summed E-state index contributed by atoms with van der Waals surface area (Å²) in [5, 5.41) is 9.88. The van der Waals surface area contributed by atoms with E-state index in [0.717, 1.165) is 29.8 Å². The molecule has 4 nitrogen and oxygen atoms in total. The summed E-state index contributed by atoms with van der Waals surface area (Å²) in [4.78, 5) is 12.1. The van der Waals surface area contributed by atoms with Crippen LogP contribution in [0.1, 0.15) is 25.7 Å². The van der Waals surface area contributed by atoms with Gasteiger partial charge in [0.2, 0.25) is 5.91 Å². The lowest BCUT2D eigenvalue weighted by atomic mass is 10.1. The largest absolute Gasteiger partial charge is 0.326 e. The Bertz CT molecular complexity index is 557. The van der Waals surface area contributed by atoms with E-state index in [2.05, 4.69) is 15.5 Å². The Balaban J connectivity index is 1.74. The summed E-state index contributed by atoms with van der Waals surface area (Å²) >= 11 is 0. The van der Waals surface area contributed by atoms with Gasteiger partial charge in [-0.05, 0) is 31.0 Å². The molecule has 1 aliphatic carbocycles. The normalized spacial score (nSPS) is 15.6. The highest BCUT2D eigenvalue weighted by Gasteiger charge is 2.22. The van der Waals surface area contributed by atoms with E-state index < -0.39 is 0 Å². The number of rotatable bonds is 3. The fourth-order valence-electron chi connectivity index (χ4n) is 2.61. The first-order valence-corrected chi connectivity index (χ1v) is 6.73. The van der Waals surface area contributed by atoms with E-state index in [1.807, 2.05) is 30.3 Å². The number of hydrogen-bond acceptors (Lipinski definition) is 2. The molecule has 0 unspecified atom stereocenters. The number of hydrogen-bond donors (Lipinski definition) is 2. The lowest BCUT2D eigenvalue weighted by molar-refractivity contribution is -0.119. The zero-order chi connectivity index (χ0) is 13.1. The molecule has 0 spiro atoms. The van der Waals surface area contributed by atoms with Gasteiger partial charge in [-0.2, -0.15) is 5.10 Å². The van der Waals surface area contributed by atoms with Gasteiger partial charge in [-0.15, -0.1) is 0 Å².